The quantitative estimate of drug-likeness (QED) is 0.864. The molecule has 1 amide bonds. The van der Waals surface area contributed by atoms with Gasteiger partial charge in [-0.15, -0.1) is 0 Å². The molecule has 1 fully saturated rings. The molecule has 140 valence electrons. The van der Waals surface area contributed by atoms with E-state index in [0.29, 0.717) is 11.8 Å². The zero-order valence-corrected chi connectivity index (χ0v) is 15.8. The molecule has 0 saturated heterocycles. The van der Waals surface area contributed by atoms with Gasteiger partial charge in [-0.2, -0.15) is 5.10 Å². The molecule has 1 heterocycles. The maximum Gasteiger partial charge on any atom is 0.258 e. The molecule has 6 nitrogen and oxygen atoms in total. The van der Waals surface area contributed by atoms with Gasteiger partial charge >= 0.3 is 0 Å². The predicted molar refractivity (Wildman–Crippen MR) is 102 cm³/mol. The van der Waals surface area contributed by atoms with Gasteiger partial charge in [0.05, 0.1) is 6.20 Å². The molecule has 1 N–H and O–H groups in total. The summed E-state index contributed by atoms with van der Waals surface area (Å²) in [6.45, 7) is 0.0349. The number of hydrogen-bond acceptors (Lipinski definition) is 4. The molecule has 1 aromatic carbocycles. The molecule has 1 aliphatic carbocycles. The summed E-state index contributed by atoms with van der Waals surface area (Å²) in [5.74, 6) is 0.629. The predicted octanol–water partition coefficient (Wildman–Crippen LogP) is 2.45. The molecular formula is C20H28N4O2. The zero-order valence-electron chi connectivity index (χ0n) is 15.8. The zero-order chi connectivity index (χ0) is 18.5. The van der Waals surface area contributed by atoms with E-state index in [1.165, 1.54) is 12.8 Å². The van der Waals surface area contributed by atoms with Crippen LogP contribution in [-0.4, -0.2) is 53.4 Å². The van der Waals surface area contributed by atoms with Gasteiger partial charge in [-0.3, -0.25) is 9.48 Å². The van der Waals surface area contributed by atoms with Gasteiger partial charge in [0.15, 0.2) is 6.61 Å². The van der Waals surface area contributed by atoms with Gasteiger partial charge in [0, 0.05) is 30.9 Å². The fraction of sp³-hybridized carbons (Fsp3) is 0.500. The Balaban J connectivity index is 1.56. The number of rotatable bonds is 6. The number of likely N-dealkylation sites (N-methyl/N-ethyl adjacent to an activating group) is 1. The van der Waals surface area contributed by atoms with Crippen molar-refractivity contribution in [2.75, 3.05) is 20.7 Å². The number of carbonyl (C=O) groups excluding carboxylic acids is 1. The Morgan fingerprint density at radius 2 is 2.12 bits per heavy atom. The van der Waals surface area contributed by atoms with E-state index < -0.39 is 0 Å². The molecule has 1 aromatic heterocycles. The van der Waals surface area contributed by atoms with Crippen LogP contribution in [0, 0.1) is 0 Å². The smallest absolute Gasteiger partial charge is 0.258 e. The van der Waals surface area contributed by atoms with E-state index in [0.717, 1.165) is 24.0 Å². The van der Waals surface area contributed by atoms with E-state index in [1.807, 2.05) is 43.7 Å². The van der Waals surface area contributed by atoms with E-state index in [4.69, 9.17) is 4.74 Å². The van der Waals surface area contributed by atoms with Crippen LogP contribution < -0.4 is 10.1 Å². The molecule has 0 aliphatic heterocycles. The first kappa shape index (κ1) is 18.5. The van der Waals surface area contributed by atoms with Crippen LogP contribution in [0.2, 0.25) is 0 Å². The number of aryl methyl sites for hydroxylation is 1. The minimum Gasteiger partial charge on any atom is -0.484 e. The lowest BCUT2D eigenvalue weighted by Gasteiger charge is -2.36. The lowest BCUT2D eigenvalue weighted by molar-refractivity contribution is -0.124. The summed E-state index contributed by atoms with van der Waals surface area (Å²) >= 11 is 0. The molecule has 3 rings (SSSR count). The summed E-state index contributed by atoms with van der Waals surface area (Å²) in [7, 11) is 6.05. The molecule has 2 aromatic rings. The number of hydrogen-bond donors (Lipinski definition) is 1. The van der Waals surface area contributed by atoms with E-state index >= 15 is 0 Å². The topological polar surface area (TPSA) is 59.4 Å². The lowest BCUT2D eigenvalue weighted by Crippen LogP contribution is -2.52. The summed E-state index contributed by atoms with van der Waals surface area (Å²) < 4.78 is 7.49. The number of nitrogens with one attached hydrogen (secondary N) is 1. The third-order valence-corrected chi connectivity index (χ3v) is 4.98. The fourth-order valence-electron chi connectivity index (χ4n) is 3.63. The van der Waals surface area contributed by atoms with Crippen LogP contribution in [0.4, 0.5) is 0 Å². The number of ether oxygens (including phenoxy) is 1. The van der Waals surface area contributed by atoms with Crippen LogP contribution in [-0.2, 0) is 11.8 Å². The standard InChI is InChI=1S/C20H28N4O2/c1-23(2)19-10-5-4-9-18(19)22-20(25)14-26-17-8-6-7-15(11-17)16-12-21-24(3)13-16/h6-8,11-13,18-19H,4-5,9-10,14H2,1-3H3,(H,22,25)/t18-,19-/m1/s1. The van der Waals surface area contributed by atoms with Crippen LogP contribution in [0.15, 0.2) is 36.7 Å². The molecule has 1 saturated carbocycles. The van der Waals surface area contributed by atoms with Crippen LogP contribution in [0.25, 0.3) is 11.1 Å². The second-order valence-corrected chi connectivity index (χ2v) is 7.21. The molecular weight excluding hydrogens is 328 g/mol. The summed E-state index contributed by atoms with van der Waals surface area (Å²) in [6, 6.07) is 8.36. The Morgan fingerprint density at radius 1 is 1.31 bits per heavy atom. The molecule has 0 spiro atoms. The van der Waals surface area contributed by atoms with Crippen molar-refractivity contribution in [2.45, 2.75) is 37.8 Å². The van der Waals surface area contributed by atoms with Crippen LogP contribution in [0.5, 0.6) is 5.75 Å². The van der Waals surface area contributed by atoms with E-state index in [2.05, 4.69) is 29.4 Å². The lowest BCUT2D eigenvalue weighted by atomic mass is 9.89. The Labute approximate surface area is 155 Å². The Morgan fingerprint density at radius 3 is 2.85 bits per heavy atom. The van der Waals surface area contributed by atoms with E-state index in [9.17, 15) is 4.79 Å². The Kier molecular flexibility index (Phi) is 5.93. The van der Waals surface area contributed by atoms with E-state index in [-0.39, 0.29) is 18.6 Å². The van der Waals surface area contributed by atoms with Gasteiger partial charge in [0.2, 0.25) is 0 Å². The highest BCUT2D eigenvalue weighted by molar-refractivity contribution is 5.78. The van der Waals surface area contributed by atoms with Gasteiger partial charge in [0.1, 0.15) is 5.75 Å². The maximum atomic E-state index is 12.3. The second kappa shape index (κ2) is 8.36. The highest BCUT2D eigenvalue weighted by Crippen LogP contribution is 2.24. The second-order valence-electron chi connectivity index (χ2n) is 7.21. The largest absolute Gasteiger partial charge is 0.484 e. The SMILES string of the molecule is CN(C)[C@@H]1CCCC[C@H]1NC(=O)COc1cccc(-c2cnn(C)c2)c1. The molecule has 26 heavy (non-hydrogen) atoms. The number of amides is 1. The van der Waals surface area contributed by atoms with Gasteiger partial charge in [-0.1, -0.05) is 25.0 Å². The molecule has 0 radical (unpaired) electrons. The molecule has 0 unspecified atom stereocenters. The van der Waals surface area contributed by atoms with Crippen molar-refractivity contribution in [3.05, 3.63) is 36.7 Å². The highest BCUT2D eigenvalue weighted by atomic mass is 16.5. The summed E-state index contributed by atoms with van der Waals surface area (Å²) in [5, 5.41) is 7.34. The number of carbonyl (C=O) groups is 1. The van der Waals surface area contributed by atoms with Crippen LogP contribution in [0.3, 0.4) is 0 Å². The van der Waals surface area contributed by atoms with Gasteiger partial charge in [-0.25, -0.2) is 0 Å². The maximum absolute atomic E-state index is 12.3. The number of aromatic nitrogens is 2. The van der Waals surface area contributed by atoms with E-state index in [1.54, 1.807) is 4.68 Å². The van der Waals surface area contributed by atoms with Crippen molar-refractivity contribution in [3.63, 3.8) is 0 Å². The van der Waals surface area contributed by atoms with Crippen molar-refractivity contribution < 1.29 is 9.53 Å². The Bertz CT molecular complexity index is 741. The van der Waals surface area contributed by atoms with Crippen molar-refractivity contribution in [1.82, 2.24) is 20.0 Å². The average Bonchev–Trinajstić information content (AvgIpc) is 3.07. The monoisotopic (exact) mass is 356 g/mol. The summed E-state index contributed by atoms with van der Waals surface area (Å²) in [4.78, 5) is 14.6. The normalized spacial score (nSPS) is 20.2. The minimum absolute atomic E-state index is 0.0349. The first-order valence-corrected chi connectivity index (χ1v) is 9.20. The first-order valence-electron chi connectivity index (χ1n) is 9.20. The highest BCUT2D eigenvalue weighted by Gasteiger charge is 2.27. The molecule has 2 atom stereocenters. The Hall–Kier alpha value is -2.34. The molecule has 0 bridgehead atoms. The molecule has 6 heteroatoms. The third kappa shape index (κ3) is 4.64. The number of nitrogens with zero attached hydrogens (tertiary/aromatic N) is 3. The van der Waals surface area contributed by atoms with Crippen molar-refractivity contribution in [3.8, 4) is 16.9 Å². The van der Waals surface area contributed by atoms with Crippen molar-refractivity contribution >= 4 is 5.91 Å². The average molecular weight is 356 g/mol. The first-order chi connectivity index (χ1) is 12.5. The van der Waals surface area contributed by atoms with Gasteiger partial charge in [0.25, 0.3) is 5.91 Å². The van der Waals surface area contributed by atoms with Crippen LogP contribution >= 0.6 is 0 Å². The molecule has 1 aliphatic rings. The minimum atomic E-state index is -0.0597. The van der Waals surface area contributed by atoms with Gasteiger partial charge in [-0.05, 0) is 44.6 Å². The van der Waals surface area contributed by atoms with Crippen molar-refractivity contribution in [2.24, 2.45) is 7.05 Å². The number of benzene rings is 1. The third-order valence-electron chi connectivity index (χ3n) is 4.98. The fourth-order valence-corrected chi connectivity index (χ4v) is 3.63. The summed E-state index contributed by atoms with van der Waals surface area (Å²) in [5.41, 5.74) is 2.05. The summed E-state index contributed by atoms with van der Waals surface area (Å²) in [6.07, 6.45) is 8.33. The van der Waals surface area contributed by atoms with Gasteiger partial charge < -0.3 is 15.0 Å². The van der Waals surface area contributed by atoms with Crippen molar-refractivity contribution in [1.29, 1.82) is 0 Å². The van der Waals surface area contributed by atoms with Crippen LogP contribution in [0.1, 0.15) is 25.7 Å².